The van der Waals surface area contributed by atoms with Gasteiger partial charge in [0.1, 0.15) is 12.5 Å². The Bertz CT molecular complexity index is 448. The highest BCUT2D eigenvalue weighted by molar-refractivity contribution is 6.14. The Balaban J connectivity index is 1.78. The molecule has 0 amide bonds. The zero-order chi connectivity index (χ0) is 12.5. The van der Waals surface area contributed by atoms with Crippen LogP contribution < -0.4 is 5.32 Å². The molecule has 0 unspecified atom stereocenters. The number of aliphatic imine (C=N–C) groups is 3. The van der Waals surface area contributed by atoms with Crippen molar-refractivity contribution in [2.45, 2.75) is 25.6 Å². The summed E-state index contributed by atoms with van der Waals surface area (Å²) in [7, 11) is 2.15. The van der Waals surface area contributed by atoms with E-state index in [4.69, 9.17) is 0 Å². The van der Waals surface area contributed by atoms with Gasteiger partial charge in [0, 0.05) is 24.4 Å². The summed E-state index contributed by atoms with van der Waals surface area (Å²) in [6.07, 6.45) is 6.76. The van der Waals surface area contributed by atoms with Gasteiger partial charge in [-0.25, -0.2) is 15.0 Å². The first-order chi connectivity index (χ1) is 8.77. The number of rotatable bonds is 2. The standard InChI is InChI=1S/C13H19N5/c1-9-3-5-14-7-11(9)18(2)13-10-4-6-15-12(10)16-8-17-13/h4,6,8-9,11,13-14H,3,5,7H2,1-2H3/t9-,11+,13-/m1/s1. The maximum Gasteiger partial charge on any atom is 0.160 e. The van der Waals surface area contributed by atoms with E-state index >= 15 is 0 Å². The lowest BCUT2D eigenvalue weighted by atomic mass is 9.92. The summed E-state index contributed by atoms with van der Waals surface area (Å²) in [5, 5.41) is 3.47. The fourth-order valence-corrected chi connectivity index (χ4v) is 2.90. The molecule has 0 aromatic heterocycles. The van der Waals surface area contributed by atoms with E-state index in [0.717, 1.165) is 24.5 Å². The summed E-state index contributed by atoms with van der Waals surface area (Å²) in [6, 6.07) is 0.516. The molecule has 5 heteroatoms. The van der Waals surface area contributed by atoms with Crippen LogP contribution in [0.25, 0.3) is 0 Å². The molecule has 0 aromatic carbocycles. The minimum atomic E-state index is 0.0624. The molecule has 0 bridgehead atoms. The van der Waals surface area contributed by atoms with Crippen molar-refractivity contribution in [3.05, 3.63) is 11.6 Å². The molecule has 1 fully saturated rings. The van der Waals surface area contributed by atoms with E-state index in [1.165, 1.54) is 6.42 Å². The van der Waals surface area contributed by atoms with Gasteiger partial charge in [0.2, 0.25) is 0 Å². The Morgan fingerprint density at radius 1 is 1.44 bits per heavy atom. The number of piperidine rings is 1. The van der Waals surface area contributed by atoms with Crippen LogP contribution in [0.1, 0.15) is 13.3 Å². The Kier molecular flexibility index (Phi) is 3.09. The van der Waals surface area contributed by atoms with Gasteiger partial charge in [-0.1, -0.05) is 6.92 Å². The fraction of sp³-hybridized carbons (Fsp3) is 0.615. The maximum absolute atomic E-state index is 4.52. The summed E-state index contributed by atoms with van der Waals surface area (Å²) >= 11 is 0. The number of amidine groups is 1. The highest BCUT2D eigenvalue weighted by Crippen LogP contribution is 2.25. The third-order valence-electron chi connectivity index (χ3n) is 4.07. The second-order valence-electron chi connectivity index (χ2n) is 5.19. The van der Waals surface area contributed by atoms with Crippen LogP contribution in [0, 0.1) is 5.92 Å². The average Bonchev–Trinajstić information content (AvgIpc) is 2.86. The van der Waals surface area contributed by atoms with Crippen LogP contribution in [0.2, 0.25) is 0 Å². The Labute approximate surface area is 107 Å². The van der Waals surface area contributed by atoms with Gasteiger partial charge in [-0.3, -0.25) is 4.90 Å². The maximum atomic E-state index is 4.52. The molecular weight excluding hydrogens is 226 g/mol. The molecule has 3 rings (SSSR count). The van der Waals surface area contributed by atoms with Gasteiger partial charge in [-0.05, 0) is 32.0 Å². The van der Waals surface area contributed by atoms with Crippen LogP contribution in [-0.2, 0) is 0 Å². The van der Waals surface area contributed by atoms with Gasteiger partial charge < -0.3 is 5.32 Å². The van der Waals surface area contributed by atoms with E-state index in [1.807, 2.05) is 12.3 Å². The van der Waals surface area contributed by atoms with Crippen LogP contribution in [0.15, 0.2) is 26.6 Å². The quantitative estimate of drug-likeness (QED) is 0.778. The lowest BCUT2D eigenvalue weighted by Crippen LogP contribution is -2.53. The van der Waals surface area contributed by atoms with Gasteiger partial charge in [-0.2, -0.15) is 0 Å². The van der Waals surface area contributed by atoms with Crippen molar-refractivity contribution in [2.24, 2.45) is 20.9 Å². The molecule has 0 saturated carbocycles. The molecule has 5 nitrogen and oxygen atoms in total. The van der Waals surface area contributed by atoms with Crippen molar-refractivity contribution >= 4 is 18.4 Å². The van der Waals surface area contributed by atoms with Crippen LogP contribution in [0.3, 0.4) is 0 Å². The molecule has 3 aliphatic rings. The number of hydrogen-bond donors (Lipinski definition) is 1. The first-order valence-corrected chi connectivity index (χ1v) is 6.54. The number of fused-ring (bicyclic) bond motifs is 1. The van der Waals surface area contributed by atoms with Gasteiger partial charge in [0.05, 0.1) is 0 Å². The smallest absolute Gasteiger partial charge is 0.160 e. The van der Waals surface area contributed by atoms with Gasteiger partial charge >= 0.3 is 0 Å². The SMILES string of the molecule is C[C@@H]1CCNC[C@@H]1N(C)[C@H]1N=CN=C2N=CC=C21. The van der Waals surface area contributed by atoms with E-state index in [2.05, 4.69) is 39.2 Å². The molecular formula is C13H19N5. The second kappa shape index (κ2) is 4.74. The van der Waals surface area contributed by atoms with Crippen molar-refractivity contribution in [1.82, 2.24) is 10.2 Å². The van der Waals surface area contributed by atoms with Crippen LogP contribution in [0.5, 0.6) is 0 Å². The average molecular weight is 245 g/mol. The van der Waals surface area contributed by atoms with Crippen molar-refractivity contribution in [3.63, 3.8) is 0 Å². The van der Waals surface area contributed by atoms with Gasteiger partial charge in [0.15, 0.2) is 5.84 Å². The first kappa shape index (κ1) is 11.7. The third-order valence-corrected chi connectivity index (χ3v) is 4.07. The zero-order valence-corrected chi connectivity index (χ0v) is 10.9. The lowest BCUT2D eigenvalue weighted by Gasteiger charge is -2.40. The summed E-state index contributed by atoms with van der Waals surface area (Å²) < 4.78 is 0. The highest BCUT2D eigenvalue weighted by atomic mass is 15.3. The minimum Gasteiger partial charge on any atom is -0.315 e. The molecule has 0 radical (unpaired) electrons. The van der Waals surface area contributed by atoms with E-state index in [9.17, 15) is 0 Å². The highest BCUT2D eigenvalue weighted by Gasteiger charge is 2.33. The number of nitrogens with one attached hydrogen (secondary N) is 1. The largest absolute Gasteiger partial charge is 0.315 e. The second-order valence-corrected chi connectivity index (χ2v) is 5.19. The van der Waals surface area contributed by atoms with Gasteiger partial charge in [-0.15, -0.1) is 0 Å². The molecule has 0 aliphatic carbocycles. The molecule has 18 heavy (non-hydrogen) atoms. The lowest BCUT2D eigenvalue weighted by molar-refractivity contribution is 0.126. The van der Waals surface area contributed by atoms with E-state index in [0.29, 0.717) is 12.0 Å². The predicted octanol–water partition coefficient (Wildman–Crippen LogP) is 0.693. The van der Waals surface area contributed by atoms with Crippen molar-refractivity contribution < 1.29 is 0 Å². The van der Waals surface area contributed by atoms with E-state index in [-0.39, 0.29) is 6.17 Å². The fourth-order valence-electron chi connectivity index (χ4n) is 2.90. The van der Waals surface area contributed by atoms with Crippen LogP contribution >= 0.6 is 0 Å². The van der Waals surface area contributed by atoms with Crippen molar-refractivity contribution in [3.8, 4) is 0 Å². The summed E-state index contributed by atoms with van der Waals surface area (Å²) in [5.41, 5.74) is 1.12. The normalized spacial score (nSPS) is 34.5. The molecule has 0 aromatic rings. The first-order valence-electron chi connectivity index (χ1n) is 6.54. The molecule has 1 saturated heterocycles. The molecule has 0 spiro atoms. The summed E-state index contributed by atoms with van der Waals surface area (Å²) in [6.45, 7) is 4.48. The Hall–Kier alpha value is -1.33. The third kappa shape index (κ3) is 1.93. The molecule has 1 N–H and O–H groups in total. The molecule has 3 aliphatic heterocycles. The predicted molar refractivity (Wildman–Crippen MR) is 74.5 cm³/mol. The zero-order valence-electron chi connectivity index (χ0n) is 10.9. The summed E-state index contributed by atoms with van der Waals surface area (Å²) in [5.74, 6) is 1.51. The molecule has 3 atom stereocenters. The number of hydrogen-bond acceptors (Lipinski definition) is 5. The van der Waals surface area contributed by atoms with Crippen molar-refractivity contribution in [2.75, 3.05) is 20.1 Å². The van der Waals surface area contributed by atoms with E-state index < -0.39 is 0 Å². The molecule has 96 valence electrons. The van der Waals surface area contributed by atoms with Crippen molar-refractivity contribution in [1.29, 1.82) is 0 Å². The van der Waals surface area contributed by atoms with Crippen LogP contribution in [-0.4, -0.2) is 55.6 Å². The summed E-state index contributed by atoms with van der Waals surface area (Å²) in [4.78, 5) is 15.3. The minimum absolute atomic E-state index is 0.0624. The van der Waals surface area contributed by atoms with Crippen LogP contribution in [0.4, 0.5) is 0 Å². The topological polar surface area (TPSA) is 52.3 Å². The Morgan fingerprint density at radius 2 is 2.33 bits per heavy atom. The number of likely N-dealkylation sites (N-methyl/N-ethyl adjacent to an activating group) is 1. The van der Waals surface area contributed by atoms with Gasteiger partial charge in [0.25, 0.3) is 0 Å². The number of nitrogens with zero attached hydrogens (tertiary/aromatic N) is 4. The molecule has 3 heterocycles. The monoisotopic (exact) mass is 245 g/mol. The van der Waals surface area contributed by atoms with E-state index in [1.54, 1.807) is 6.34 Å². The Morgan fingerprint density at radius 3 is 3.17 bits per heavy atom. The number of allylic oxidation sites excluding steroid dienone is 1.